The van der Waals surface area contributed by atoms with E-state index in [4.69, 9.17) is 10.5 Å². The van der Waals surface area contributed by atoms with Gasteiger partial charge >= 0.3 is 0 Å². The van der Waals surface area contributed by atoms with Gasteiger partial charge in [-0.25, -0.2) is 0 Å². The maximum Gasteiger partial charge on any atom is 0.122 e. The molecule has 0 spiro atoms. The molecule has 0 saturated heterocycles. The predicted octanol–water partition coefficient (Wildman–Crippen LogP) is 3.24. The van der Waals surface area contributed by atoms with Crippen LogP contribution in [0.2, 0.25) is 0 Å². The third-order valence-electron chi connectivity index (χ3n) is 3.78. The molecule has 0 heterocycles. The largest absolute Gasteiger partial charge is 0.496 e. The Morgan fingerprint density at radius 3 is 2.71 bits per heavy atom. The summed E-state index contributed by atoms with van der Waals surface area (Å²) in [6.45, 7) is 0.747. The minimum atomic E-state index is 0.747. The third-order valence-corrected chi connectivity index (χ3v) is 3.78. The standard InChI is InChI=1S/C15H23NO/c1-17-15-9-8-13(12-5-2-3-6-12)11-14(15)7-4-10-16/h8-9,11-12H,2-7,10,16H2,1H3. The highest BCUT2D eigenvalue weighted by molar-refractivity contribution is 5.39. The molecule has 94 valence electrons. The zero-order valence-electron chi connectivity index (χ0n) is 10.7. The van der Waals surface area contributed by atoms with E-state index in [2.05, 4.69) is 18.2 Å². The van der Waals surface area contributed by atoms with Gasteiger partial charge in [0.1, 0.15) is 5.75 Å². The fourth-order valence-electron chi connectivity index (χ4n) is 2.80. The van der Waals surface area contributed by atoms with Crippen molar-refractivity contribution in [2.75, 3.05) is 13.7 Å². The van der Waals surface area contributed by atoms with E-state index in [1.54, 1.807) is 7.11 Å². The van der Waals surface area contributed by atoms with E-state index in [9.17, 15) is 0 Å². The third kappa shape index (κ3) is 3.01. The smallest absolute Gasteiger partial charge is 0.122 e. The summed E-state index contributed by atoms with van der Waals surface area (Å²) < 4.78 is 5.42. The molecule has 2 heteroatoms. The average Bonchev–Trinajstić information content (AvgIpc) is 2.89. The van der Waals surface area contributed by atoms with E-state index in [1.165, 1.54) is 36.8 Å². The van der Waals surface area contributed by atoms with E-state index in [1.807, 2.05) is 0 Å². The summed E-state index contributed by atoms with van der Waals surface area (Å²) in [7, 11) is 1.75. The lowest BCUT2D eigenvalue weighted by Crippen LogP contribution is -2.03. The zero-order chi connectivity index (χ0) is 12.1. The molecule has 2 nitrogen and oxygen atoms in total. The fourth-order valence-corrected chi connectivity index (χ4v) is 2.80. The Balaban J connectivity index is 2.17. The van der Waals surface area contributed by atoms with Crippen LogP contribution in [0.4, 0.5) is 0 Å². The van der Waals surface area contributed by atoms with Crippen LogP contribution in [-0.4, -0.2) is 13.7 Å². The van der Waals surface area contributed by atoms with E-state index in [0.29, 0.717) is 0 Å². The Labute approximate surface area is 104 Å². The Kier molecular flexibility index (Phi) is 4.43. The SMILES string of the molecule is COc1ccc(C2CCCC2)cc1CCCN. The molecule has 1 aliphatic carbocycles. The molecule has 2 rings (SSSR count). The molecule has 1 saturated carbocycles. The molecule has 1 fully saturated rings. The second-order valence-corrected chi connectivity index (χ2v) is 4.94. The van der Waals surface area contributed by atoms with Gasteiger partial charge in [0.25, 0.3) is 0 Å². The predicted molar refractivity (Wildman–Crippen MR) is 71.6 cm³/mol. The summed E-state index contributed by atoms with van der Waals surface area (Å²) in [4.78, 5) is 0. The molecular formula is C15H23NO. The van der Waals surface area contributed by atoms with Crippen molar-refractivity contribution in [3.05, 3.63) is 29.3 Å². The van der Waals surface area contributed by atoms with Crippen molar-refractivity contribution in [1.29, 1.82) is 0 Å². The second kappa shape index (κ2) is 6.06. The van der Waals surface area contributed by atoms with Crippen molar-refractivity contribution in [2.45, 2.75) is 44.4 Å². The van der Waals surface area contributed by atoms with Crippen LogP contribution in [0.1, 0.15) is 49.1 Å². The highest BCUT2D eigenvalue weighted by Crippen LogP contribution is 2.36. The van der Waals surface area contributed by atoms with Crippen LogP contribution in [0.5, 0.6) is 5.75 Å². The van der Waals surface area contributed by atoms with Crippen LogP contribution in [0.25, 0.3) is 0 Å². The fraction of sp³-hybridized carbons (Fsp3) is 0.600. The van der Waals surface area contributed by atoms with Crippen LogP contribution in [-0.2, 0) is 6.42 Å². The van der Waals surface area contributed by atoms with Crippen molar-refractivity contribution in [2.24, 2.45) is 5.73 Å². The first-order valence-corrected chi connectivity index (χ1v) is 6.72. The number of rotatable bonds is 5. The zero-order valence-corrected chi connectivity index (χ0v) is 10.7. The maximum absolute atomic E-state index is 5.59. The Hall–Kier alpha value is -1.02. The van der Waals surface area contributed by atoms with Crippen molar-refractivity contribution in [3.8, 4) is 5.75 Å². The lowest BCUT2D eigenvalue weighted by atomic mass is 9.94. The summed E-state index contributed by atoms with van der Waals surface area (Å²) >= 11 is 0. The Morgan fingerprint density at radius 2 is 2.06 bits per heavy atom. The van der Waals surface area contributed by atoms with Crippen LogP contribution in [0.15, 0.2) is 18.2 Å². The molecular weight excluding hydrogens is 210 g/mol. The maximum atomic E-state index is 5.59. The molecule has 0 amide bonds. The lowest BCUT2D eigenvalue weighted by Gasteiger charge is -2.14. The first-order valence-electron chi connectivity index (χ1n) is 6.72. The van der Waals surface area contributed by atoms with Crippen LogP contribution < -0.4 is 10.5 Å². The highest BCUT2D eigenvalue weighted by Gasteiger charge is 2.18. The normalized spacial score (nSPS) is 16.4. The summed E-state index contributed by atoms with van der Waals surface area (Å²) in [6.07, 6.45) is 7.53. The van der Waals surface area contributed by atoms with Gasteiger partial charge < -0.3 is 10.5 Å². The molecule has 0 unspecified atom stereocenters. The van der Waals surface area contributed by atoms with Gasteiger partial charge in [-0.15, -0.1) is 0 Å². The van der Waals surface area contributed by atoms with Crippen molar-refractivity contribution in [3.63, 3.8) is 0 Å². The Morgan fingerprint density at radius 1 is 1.29 bits per heavy atom. The van der Waals surface area contributed by atoms with Gasteiger partial charge in [0.15, 0.2) is 0 Å². The molecule has 0 aliphatic heterocycles. The van der Waals surface area contributed by atoms with E-state index >= 15 is 0 Å². The number of hydrogen-bond donors (Lipinski definition) is 1. The minimum Gasteiger partial charge on any atom is -0.496 e. The van der Waals surface area contributed by atoms with Crippen LogP contribution >= 0.6 is 0 Å². The van der Waals surface area contributed by atoms with Gasteiger partial charge in [-0.1, -0.05) is 25.0 Å². The lowest BCUT2D eigenvalue weighted by molar-refractivity contribution is 0.409. The molecule has 17 heavy (non-hydrogen) atoms. The quantitative estimate of drug-likeness (QED) is 0.847. The molecule has 0 radical (unpaired) electrons. The van der Waals surface area contributed by atoms with Crippen LogP contribution in [0, 0.1) is 0 Å². The minimum absolute atomic E-state index is 0.747. The molecule has 0 bridgehead atoms. The van der Waals surface area contributed by atoms with Gasteiger partial charge in [-0.2, -0.15) is 0 Å². The number of methoxy groups -OCH3 is 1. The monoisotopic (exact) mass is 233 g/mol. The molecule has 1 aromatic carbocycles. The Bertz CT molecular complexity index is 356. The summed E-state index contributed by atoms with van der Waals surface area (Å²) in [6, 6.07) is 6.70. The number of benzene rings is 1. The number of ether oxygens (including phenoxy) is 1. The summed E-state index contributed by atoms with van der Waals surface area (Å²) in [5.74, 6) is 1.79. The van der Waals surface area contributed by atoms with Crippen molar-refractivity contribution in [1.82, 2.24) is 0 Å². The molecule has 0 atom stereocenters. The van der Waals surface area contributed by atoms with Gasteiger partial charge in [0.2, 0.25) is 0 Å². The second-order valence-electron chi connectivity index (χ2n) is 4.94. The highest BCUT2D eigenvalue weighted by atomic mass is 16.5. The van der Waals surface area contributed by atoms with Gasteiger partial charge in [-0.05, 0) is 55.3 Å². The van der Waals surface area contributed by atoms with Crippen LogP contribution in [0.3, 0.4) is 0 Å². The first-order chi connectivity index (χ1) is 8.35. The first kappa shape index (κ1) is 12.4. The van der Waals surface area contributed by atoms with E-state index in [0.717, 1.165) is 31.1 Å². The van der Waals surface area contributed by atoms with Gasteiger partial charge in [-0.3, -0.25) is 0 Å². The van der Waals surface area contributed by atoms with Crippen molar-refractivity contribution < 1.29 is 4.74 Å². The summed E-state index contributed by atoms with van der Waals surface area (Å²) in [5.41, 5.74) is 8.40. The van der Waals surface area contributed by atoms with Gasteiger partial charge in [0.05, 0.1) is 7.11 Å². The van der Waals surface area contributed by atoms with Gasteiger partial charge in [0, 0.05) is 0 Å². The van der Waals surface area contributed by atoms with Crippen molar-refractivity contribution >= 4 is 0 Å². The number of nitrogens with two attached hydrogens (primary N) is 1. The molecule has 1 aromatic rings. The average molecular weight is 233 g/mol. The van der Waals surface area contributed by atoms with E-state index in [-0.39, 0.29) is 0 Å². The van der Waals surface area contributed by atoms with E-state index < -0.39 is 0 Å². The number of aryl methyl sites for hydroxylation is 1. The molecule has 2 N–H and O–H groups in total. The summed E-state index contributed by atoms with van der Waals surface area (Å²) in [5, 5.41) is 0. The molecule has 0 aromatic heterocycles. The number of hydrogen-bond acceptors (Lipinski definition) is 2. The topological polar surface area (TPSA) is 35.2 Å². The molecule has 1 aliphatic rings.